The molecule has 0 fully saturated rings. The van der Waals surface area contributed by atoms with Crippen molar-refractivity contribution in [3.05, 3.63) is 101 Å². The molecule has 2 aromatic carbocycles. The molecule has 3 aromatic rings. The van der Waals surface area contributed by atoms with Crippen molar-refractivity contribution in [1.82, 2.24) is 15.2 Å². The number of benzene rings is 2. The average Bonchev–Trinajstić information content (AvgIpc) is 2.79. The van der Waals surface area contributed by atoms with Gasteiger partial charge in [0.1, 0.15) is 0 Å². The molecule has 1 atom stereocenters. The first kappa shape index (κ1) is 22.7. The summed E-state index contributed by atoms with van der Waals surface area (Å²) in [4.78, 5) is 19.7. The van der Waals surface area contributed by atoms with Crippen molar-refractivity contribution in [1.29, 1.82) is 0 Å². The van der Waals surface area contributed by atoms with E-state index in [4.69, 9.17) is 0 Å². The fourth-order valence-electron chi connectivity index (χ4n) is 3.82. The number of rotatable bonds is 10. The normalized spacial score (nSPS) is 11.8. The standard InChI is InChI=1S/C27H33N3O/c1-4-26(14-16-29-19-24-9-6-15-28-18-24)30(20-23-8-5-7-22(3)17-23)27(31)25-12-10-21(2)11-13-25/h5-13,15,17-18,26,29H,4,14,16,19-20H2,1-3H3. The SMILES string of the molecule is CCC(CCNCc1cccnc1)N(Cc1cccc(C)c1)C(=O)c1ccc(C)cc1. The quantitative estimate of drug-likeness (QED) is 0.457. The summed E-state index contributed by atoms with van der Waals surface area (Å²) < 4.78 is 0. The van der Waals surface area contributed by atoms with Crippen LogP contribution in [-0.4, -0.2) is 28.4 Å². The number of carbonyl (C=O) groups excluding carboxylic acids is 1. The lowest BCUT2D eigenvalue weighted by Gasteiger charge is -2.32. The predicted octanol–water partition coefficient (Wildman–Crippen LogP) is 5.30. The molecule has 0 spiro atoms. The van der Waals surface area contributed by atoms with E-state index in [1.165, 1.54) is 16.7 Å². The number of nitrogens with zero attached hydrogens (tertiary/aromatic N) is 2. The van der Waals surface area contributed by atoms with Crippen molar-refractivity contribution >= 4 is 5.91 Å². The summed E-state index contributed by atoms with van der Waals surface area (Å²) in [7, 11) is 0. The van der Waals surface area contributed by atoms with Gasteiger partial charge in [0.05, 0.1) is 0 Å². The van der Waals surface area contributed by atoms with E-state index in [9.17, 15) is 4.79 Å². The molecule has 162 valence electrons. The Kier molecular flexibility index (Phi) is 8.36. The Balaban J connectivity index is 1.72. The van der Waals surface area contributed by atoms with Crippen LogP contribution in [0.15, 0.2) is 73.1 Å². The van der Waals surface area contributed by atoms with Crippen LogP contribution in [0.2, 0.25) is 0 Å². The van der Waals surface area contributed by atoms with E-state index in [2.05, 4.69) is 54.5 Å². The number of aryl methyl sites for hydroxylation is 2. The molecule has 1 amide bonds. The first-order chi connectivity index (χ1) is 15.1. The van der Waals surface area contributed by atoms with Crippen LogP contribution in [0.4, 0.5) is 0 Å². The number of hydrogen-bond donors (Lipinski definition) is 1. The van der Waals surface area contributed by atoms with Gasteiger partial charge in [-0.15, -0.1) is 0 Å². The van der Waals surface area contributed by atoms with Gasteiger partial charge in [-0.05, 0) is 62.6 Å². The minimum absolute atomic E-state index is 0.0978. The first-order valence-corrected chi connectivity index (χ1v) is 11.1. The third-order valence-corrected chi connectivity index (χ3v) is 5.61. The highest BCUT2D eigenvalue weighted by Gasteiger charge is 2.23. The van der Waals surface area contributed by atoms with Gasteiger partial charge in [0.2, 0.25) is 0 Å². The Morgan fingerprint density at radius 3 is 2.45 bits per heavy atom. The number of amides is 1. The Hall–Kier alpha value is -2.98. The summed E-state index contributed by atoms with van der Waals surface area (Å²) in [5, 5.41) is 3.50. The molecule has 1 heterocycles. The number of nitrogens with one attached hydrogen (secondary N) is 1. The van der Waals surface area contributed by atoms with Crippen LogP contribution in [0.1, 0.15) is 52.4 Å². The number of hydrogen-bond acceptors (Lipinski definition) is 3. The van der Waals surface area contributed by atoms with Crippen molar-refractivity contribution in [2.45, 2.75) is 52.7 Å². The van der Waals surface area contributed by atoms with E-state index < -0.39 is 0 Å². The minimum Gasteiger partial charge on any atom is -0.331 e. The monoisotopic (exact) mass is 415 g/mol. The van der Waals surface area contributed by atoms with Gasteiger partial charge >= 0.3 is 0 Å². The second kappa shape index (κ2) is 11.4. The lowest BCUT2D eigenvalue weighted by Crippen LogP contribution is -2.41. The van der Waals surface area contributed by atoms with E-state index in [0.717, 1.165) is 37.1 Å². The van der Waals surface area contributed by atoms with Gasteiger partial charge in [0.15, 0.2) is 0 Å². The van der Waals surface area contributed by atoms with Crippen LogP contribution in [-0.2, 0) is 13.1 Å². The summed E-state index contributed by atoms with van der Waals surface area (Å²) in [5.41, 5.74) is 5.46. The zero-order chi connectivity index (χ0) is 22.1. The van der Waals surface area contributed by atoms with E-state index in [-0.39, 0.29) is 11.9 Å². The topological polar surface area (TPSA) is 45.2 Å². The number of carbonyl (C=O) groups is 1. The maximum Gasteiger partial charge on any atom is 0.254 e. The van der Waals surface area contributed by atoms with Gasteiger partial charge in [0, 0.05) is 37.1 Å². The fourth-order valence-corrected chi connectivity index (χ4v) is 3.82. The van der Waals surface area contributed by atoms with Crippen LogP contribution < -0.4 is 5.32 Å². The van der Waals surface area contributed by atoms with Crippen LogP contribution in [0.5, 0.6) is 0 Å². The smallest absolute Gasteiger partial charge is 0.254 e. The highest BCUT2D eigenvalue weighted by Crippen LogP contribution is 2.19. The molecule has 1 unspecified atom stereocenters. The third kappa shape index (κ3) is 6.76. The summed E-state index contributed by atoms with van der Waals surface area (Å²) in [6.45, 7) is 8.55. The van der Waals surface area contributed by atoms with Gasteiger partial charge in [0.25, 0.3) is 5.91 Å². The second-order valence-corrected chi connectivity index (χ2v) is 8.18. The van der Waals surface area contributed by atoms with Crippen molar-refractivity contribution in [2.24, 2.45) is 0 Å². The molecule has 0 bridgehead atoms. The number of pyridine rings is 1. The van der Waals surface area contributed by atoms with E-state index >= 15 is 0 Å². The summed E-state index contributed by atoms with van der Waals surface area (Å²) in [6.07, 6.45) is 5.49. The minimum atomic E-state index is 0.0978. The molecular weight excluding hydrogens is 382 g/mol. The molecule has 3 rings (SSSR count). The van der Waals surface area contributed by atoms with Crippen LogP contribution in [0.3, 0.4) is 0 Å². The third-order valence-electron chi connectivity index (χ3n) is 5.61. The Morgan fingerprint density at radius 2 is 1.77 bits per heavy atom. The summed E-state index contributed by atoms with van der Waals surface area (Å²) >= 11 is 0. The maximum atomic E-state index is 13.5. The zero-order valence-corrected chi connectivity index (χ0v) is 18.8. The Bertz CT molecular complexity index is 954. The van der Waals surface area contributed by atoms with Gasteiger partial charge in [-0.2, -0.15) is 0 Å². The Labute approximate surface area is 186 Å². The van der Waals surface area contributed by atoms with Crippen molar-refractivity contribution in [3.63, 3.8) is 0 Å². The lowest BCUT2D eigenvalue weighted by atomic mass is 10.0. The molecule has 0 aliphatic heterocycles. The molecule has 0 saturated carbocycles. The molecule has 1 N–H and O–H groups in total. The fraction of sp³-hybridized carbons (Fsp3) is 0.333. The van der Waals surface area contributed by atoms with Gasteiger partial charge < -0.3 is 10.2 Å². The molecular formula is C27H33N3O. The van der Waals surface area contributed by atoms with Gasteiger partial charge in [-0.1, -0.05) is 60.5 Å². The molecule has 0 aliphatic carbocycles. The van der Waals surface area contributed by atoms with E-state index in [1.54, 1.807) is 6.20 Å². The zero-order valence-electron chi connectivity index (χ0n) is 18.8. The van der Waals surface area contributed by atoms with E-state index in [0.29, 0.717) is 6.54 Å². The molecule has 4 nitrogen and oxygen atoms in total. The first-order valence-electron chi connectivity index (χ1n) is 11.1. The summed E-state index contributed by atoms with van der Waals surface area (Å²) in [6, 6.07) is 20.5. The highest BCUT2D eigenvalue weighted by molar-refractivity contribution is 5.94. The number of aromatic nitrogens is 1. The van der Waals surface area contributed by atoms with Crippen LogP contribution in [0, 0.1) is 13.8 Å². The largest absolute Gasteiger partial charge is 0.331 e. The van der Waals surface area contributed by atoms with Gasteiger partial charge in [-0.3, -0.25) is 9.78 Å². The van der Waals surface area contributed by atoms with Crippen molar-refractivity contribution < 1.29 is 4.79 Å². The molecule has 1 aromatic heterocycles. The average molecular weight is 416 g/mol. The van der Waals surface area contributed by atoms with Crippen LogP contribution >= 0.6 is 0 Å². The van der Waals surface area contributed by atoms with Crippen molar-refractivity contribution in [3.8, 4) is 0 Å². The molecule has 4 heteroatoms. The summed E-state index contributed by atoms with van der Waals surface area (Å²) in [5.74, 6) is 0.0978. The molecule has 0 radical (unpaired) electrons. The molecule has 31 heavy (non-hydrogen) atoms. The molecule has 0 saturated heterocycles. The van der Waals surface area contributed by atoms with Crippen LogP contribution in [0.25, 0.3) is 0 Å². The van der Waals surface area contributed by atoms with Gasteiger partial charge in [-0.25, -0.2) is 0 Å². The van der Waals surface area contributed by atoms with Crippen molar-refractivity contribution in [2.75, 3.05) is 6.54 Å². The maximum absolute atomic E-state index is 13.5. The predicted molar refractivity (Wildman–Crippen MR) is 127 cm³/mol. The highest BCUT2D eigenvalue weighted by atomic mass is 16.2. The van der Waals surface area contributed by atoms with E-state index in [1.807, 2.05) is 48.4 Å². The Morgan fingerprint density at radius 1 is 1.00 bits per heavy atom. The lowest BCUT2D eigenvalue weighted by molar-refractivity contribution is 0.0644. The molecule has 0 aliphatic rings. The second-order valence-electron chi connectivity index (χ2n) is 8.18.